The van der Waals surface area contributed by atoms with E-state index >= 15 is 0 Å². The van der Waals surface area contributed by atoms with Gasteiger partial charge in [0.2, 0.25) is 0 Å². The number of nitrogens with zero attached hydrogens (tertiary/aromatic N) is 6. The van der Waals surface area contributed by atoms with Crippen LogP contribution in [-0.4, -0.2) is 76.2 Å². The average Bonchev–Trinajstić information content (AvgIpc) is 3.30. The predicted molar refractivity (Wildman–Crippen MR) is 118 cm³/mol. The van der Waals surface area contributed by atoms with Crippen LogP contribution in [0.15, 0.2) is 47.9 Å². The number of ether oxygens (including phenoxy) is 1. The molecule has 0 aliphatic carbocycles. The SMILES string of the molecule is COc1cccc(-c2cc(C(=O)N3CCCN(S(=O)(=O)c4cn(C)cn4)CC3)n(C)n2)c1. The van der Waals surface area contributed by atoms with Crippen LogP contribution in [0.3, 0.4) is 0 Å². The molecule has 3 heterocycles. The Kier molecular flexibility index (Phi) is 6.02. The zero-order valence-electron chi connectivity index (χ0n) is 18.3. The minimum absolute atomic E-state index is 0.0225. The molecular formula is C21H26N6O4S. The number of aryl methyl sites for hydroxylation is 2. The molecule has 1 saturated heterocycles. The van der Waals surface area contributed by atoms with Gasteiger partial charge in [-0.2, -0.15) is 9.40 Å². The van der Waals surface area contributed by atoms with Gasteiger partial charge in [-0.3, -0.25) is 9.48 Å². The van der Waals surface area contributed by atoms with E-state index < -0.39 is 10.0 Å². The van der Waals surface area contributed by atoms with Gasteiger partial charge in [-0.15, -0.1) is 0 Å². The molecule has 3 aromatic rings. The number of imidazole rings is 1. The van der Waals surface area contributed by atoms with Crippen LogP contribution in [0.1, 0.15) is 16.9 Å². The number of carbonyl (C=O) groups is 1. The highest BCUT2D eigenvalue weighted by Gasteiger charge is 2.30. The molecule has 2 aromatic heterocycles. The third-order valence-electron chi connectivity index (χ3n) is 5.49. The number of rotatable bonds is 5. The van der Waals surface area contributed by atoms with Gasteiger partial charge in [-0.25, -0.2) is 13.4 Å². The molecule has 0 atom stereocenters. The smallest absolute Gasteiger partial charge is 0.272 e. The van der Waals surface area contributed by atoms with E-state index in [1.165, 1.54) is 16.8 Å². The van der Waals surface area contributed by atoms with Crippen LogP contribution >= 0.6 is 0 Å². The molecule has 0 saturated carbocycles. The van der Waals surface area contributed by atoms with Gasteiger partial charge in [-0.05, 0) is 24.6 Å². The molecule has 0 spiro atoms. The molecule has 1 aliphatic heterocycles. The van der Waals surface area contributed by atoms with Gasteiger partial charge in [0.05, 0.1) is 19.1 Å². The summed E-state index contributed by atoms with van der Waals surface area (Å²) in [5.41, 5.74) is 1.97. The van der Waals surface area contributed by atoms with Crippen LogP contribution in [0, 0.1) is 0 Å². The largest absolute Gasteiger partial charge is 0.497 e. The molecule has 32 heavy (non-hydrogen) atoms. The predicted octanol–water partition coefficient (Wildman–Crippen LogP) is 1.37. The molecule has 1 fully saturated rings. The van der Waals surface area contributed by atoms with Gasteiger partial charge in [0.1, 0.15) is 11.4 Å². The summed E-state index contributed by atoms with van der Waals surface area (Å²) >= 11 is 0. The standard InChI is InChI=1S/C21H26N6O4S/c1-24-14-20(22-15-24)32(29,30)27-9-5-8-26(10-11-27)21(28)19-13-18(23-25(19)2)16-6-4-7-17(12-16)31-3/h4,6-7,12-15H,5,8-11H2,1-3H3. The zero-order valence-corrected chi connectivity index (χ0v) is 19.1. The number of sulfonamides is 1. The van der Waals surface area contributed by atoms with Crippen LogP contribution in [0.4, 0.5) is 0 Å². The summed E-state index contributed by atoms with van der Waals surface area (Å²) in [6.45, 7) is 1.31. The van der Waals surface area contributed by atoms with Crippen molar-refractivity contribution in [3.05, 3.63) is 48.5 Å². The third-order valence-corrected chi connectivity index (χ3v) is 7.28. The summed E-state index contributed by atoms with van der Waals surface area (Å²) in [5, 5.41) is 4.51. The number of methoxy groups -OCH3 is 1. The molecule has 10 nitrogen and oxygen atoms in total. The monoisotopic (exact) mass is 458 g/mol. The van der Waals surface area contributed by atoms with E-state index in [1.807, 2.05) is 24.3 Å². The summed E-state index contributed by atoms with van der Waals surface area (Å²) in [5.74, 6) is 0.536. The van der Waals surface area contributed by atoms with Crippen LogP contribution in [0.25, 0.3) is 11.3 Å². The molecule has 1 amide bonds. The molecular weight excluding hydrogens is 432 g/mol. The minimum Gasteiger partial charge on any atom is -0.497 e. The third kappa shape index (κ3) is 4.26. The van der Waals surface area contributed by atoms with Crippen molar-refractivity contribution in [3.8, 4) is 17.0 Å². The van der Waals surface area contributed by atoms with Crippen LogP contribution < -0.4 is 4.74 Å². The van der Waals surface area contributed by atoms with Gasteiger partial charge < -0.3 is 14.2 Å². The number of benzene rings is 1. The van der Waals surface area contributed by atoms with Gasteiger partial charge in [-0.1, -0.05) is 12.1 Å². The molecule has 11 heteroatoms. The molecule has 1 aliphatic rings. The van der Waals surface area contributed by atoms with Crippen molar-refractivity contribution in [2.24, 2.45) is 14.1 Å². The van der Waals surface area contributed by atoms with Crippen LogP contribution in [-0.2, 0) is 24.1 Å². The van der Waals surface area contributed by atoms with E-state index in [1.54, 1.807) is 41.4 Å². The molecule has 1 aromatic carbocycles. The van der Waals surface area contributed by atoms with E-state index in [4.69, 9.17) is 4.74 Å². The minimum atomic E-state index is -3.69. The quantitative estimate of drug-likeness (QED) is 0.572. The maximum Gasteiger partial charge on any atom is 0.272 e. The Balaban J connectivity index is 1.50. The lowest BCUT2D eigenvalue weighted by molar-refractivity contribution is 0.0753. The summed E-state index contributed by atoms with van der Waals surface area (Å²) < 4.78 is 35.6. The second-order valence-electron chi connectivity index (χ2n) is 7.70. The van der Waals surface area contributed by atoms with Crippen LogP contribution in [0.2, 0.25) is 0 Å². The molecule has 0 radical (unpaired) electrons. The maximum absolute atomic E-state index is 13.2. The maximum atomic E-state index is 13.2. The second-order valence-corrected chi connectivity index (χ2v) is 9.58. The topological polar surface area (TPSA) is 103 Å². The average molecular weight is 459 g/mol. The first-order valence-electron chi connectivity index (χ1n) is 10.3. The fraction of sp³-hybridized carbons (Fsp3) is 0.381. The Labute approximate surface area is 187 Å². The number of aromatic nitrogens is 4. The number of hydrogen-bond acceptors (Lipinski definition) is 6. The number of hydrogen-bond donors (Lipinski definition) is 0. The molecule has 4 rings (SSSR count). The molecule has 170 valence electrons. The van der Waals surface area contributed by atoms with E-state index in [0.717, 1.165) is 5.56 Å². The first kappa shape index (κ1) is 22.0. The van der Waals surface area contributed by atoms with Crippen molar-refractivity contribution in [1.82, 2.24) is 28.5 Å². The van der Waals surface area contributed by atoms with Crippen LogP contribution in [0.5, 0.6) is 5.75 Å². The van der Waals surface area contributed by atoms with E-state index in [-0.39, 0.29) is 17.5 Å². The lowest BCUT2D eigenvalue weighted by atomic mass is 10.1. The normalized spacial score (nSPS) is 15.5. The first-order valence-corrected chi connectivity index (χ1v) is 11.7. The van der Waals surface area contributed by atoms with Crippen molar-refractivity contribution in [2.45, 2.75) is 11.4 Å². The highest BCUT2D eigenvalue weighted by atomic mass is 32.2. The van der Waals surface area contributed by atoms with E-state index in [0.29, 0.717) is 43.2 Å². The van der Waals surface area contributed by atoms with E-state index in [2.05, 4.69) is 10.1 Å². The lowest BCUT2D eigenvalue weighted by Gasteiger charge is -2.21. The summed E-state index contributed by atoms with van der Waals surface area (Å²) in [7, 11) is 1.36. The molecule has 0 N–H and O–H groups in total. The van der Waals surface area contributed by atoms with Crippen molar-refractivity contribution < 1.29 is 17.9 Å². The highest BCUT2D eigenvalue weighted by Crippen LogP contribution is 2.24. The zero-order chi connectivity index (χ0) is 22.9. The number of amides is 1. The van der Waals surface area contributed by atoms with Gasteiger partial charge in [0, 0.05) is 52.0 Å². The Morgan fingerprint density at radius 2 is 1.91 bits per heavy atom. The first-order chi connectivity index (χ1) is 15.3. The lowest BCUT2D eigenvalue weighted by Crippen LogP contribution is -2.38. The Bertz CT molecular complexity index is 1230. The summed E-state index contributed by atoms with van der Waals surface area (Å²) in [6.07, 6.45) is 3.49. The van der Waals surface area contributed by atoms with Gasteiger partial charge in [0.15, 0.2) is 5.03 Å². The second kappa shape index (κ2) is 8.75. The van der Waals surface area contributed by atoms with Gasteiger partial charge >= 0.3 is 0 Å². The summed E-state index contributed by atoms with van der Waals surface area (Å²) in [6, 6.07) is 9.24. The Morgan fingerprint density at radius 3 is 2.62 bits per heavy atom. The van der Waals surface area contributed by atoms with E-state index in [9.17, 15) is 13.2 Å². The van der Waals surface area contributed by atoms with Gasteiger partial charge in [0.25, 0.3) is 15.9 Å². The summed E-state index contributed by atoms with van der Waals surface area (Å²) in [4.78, 5) is 18.9. The Hall–Kier alpha value is -3.18. The fourth-order valence-corrected chi connectivity index (χ4v) is 5.18. The Morgan fingerprint density at radius 1 is 1.09 bits per heavy atom. The van der Waals surface area contributed by atoms with Crippen molar-refractivity contribution in [1.29, 1.82) is 0 Å². The molecule has 0 unspecified atom stereocenters. The van der Waals surface area contributed by atoms with Crippen molar-refractivity contribution >= 4 is 15.9 Å². The van der Waals surface area contributed by atoms with Crippen molar-refractivity contribution in [2.75, 3.05) is 33.3 Å². The fourth-order valence-electron chi connectivity index (χ4n) is 3.74. The number of carbonyl (C=O) groups excluding carboxylic acids is 1. The van der Waals surface area contributed by atoms with Crippen molar-refractivity contribution in [3.63, 3.8) is 0 Å². The highest BCUT2D eigenvalue weighted by molar-refractivity contribution is 7.89. The molecule has 0 bridgehead atoms.